The molecule has 118 valence electrons. The highest BCUT2D eigenvalue weighted by Gasteiger charge is 2.52. The Balaban J connectivity index is 2.83. The van der Waals surface area contributed by atoms with E-state index < -0.39 is 5.54 Å². The lowest BCUT2D eigenvalue weighted by Gasteiger charge is -2.38. The monoisotopic (exact) mass is 284 g/mol. The summed E-state index contributed by atoms with van der Waals surface area (Å²) in [5.74, 6) is 0.954. The zero-order valence-electron chi connectivity index (χ0n) is 14.0. The molecule has 0 bridgehead atoms. The second kappa shape index (κ2) is 7.41. The number of carbonyl (C=O) groups is 1. The van der Waals surface area contributed by atoms with E-state index >= 15 is 0 Å². The SMILES string of the molecule is CCC(C)CN(C)CC(NC(C)C)(C(=O)OC)C1CC1. The van der Waals surface area contributed by atoms with Gasteiger partial charge in [0.1, 0.15) is 5.54 Å². The third kappa shape index (κ3) is 4.45. The summed E-state index contributed by atoms with van der Waals surface area (Å²) in [5, 5.41) is 3.51. The fraction of sp³-hybridized carbons (Fsp3) is 0.938. The topological polar surface area (TPSA) is 41.6 Å². The van der Waals surface area contributed by atoms with E-state index in [2.05, 4.69) is 45.0 Å². The van der Waals surface area contributed by atoms with Gasteiger partial charge in [-0.2, -0.15) is 0 Å². The maximum absolute atomic E-state index is 12.4. The smallest absolute Gasteiger partial charge is 0.327 e. The van der Waals surface area contributed by atoms with Crippen molar-refractivity contribution >= 4 is 5.97 Å². The van der Waals surface area contributed by atoms with Gasteiger partial charge in [-0.1, -0.05) is 20.3 Å². The molecule has 0 saturated heterocycles. The van der Waals surface area contributed by atoms with Gasteiger partial charge in [0.25, 0.3) is 0 Å². The lowest BCUT2D eigenvalue weighted by atomic mass is 9.91. The molecular weight excluding hydrogens is 252 g/mol. The number of methoxy groups -OCH3 is 1. The minimum absolute atomic E-state index is 0.107. The first kappa shape index (κ1) is 17.4. The van der Waals surface area contributed by atoms with Crippen molar-refractivity contribution in [2.24, 2.45) is 11.8 Å². The summed E-state index contributed by atoms with van der Waals surface area (Å²) in [6, 6.07) is 0.270. The molecule has 1 saturated carbocycles. The lowest BCUT2D eigenvalue weighted by Crippen LogP contribution is -2.62. The molecule has 1 aliphatic carbocycles. The molecule has 1 N–H and O–H groups in total. The first-order valence-electron chi connectivity index (χ1n) is 7.90. The number of esters is 1. The minimum atomic E-state index is -0.537. The van der Waals surface area contributed by atoms with Crippen molar-refractivity contribution in [1.29, 1.82) is 0 Å². The Morgan fingerprint density at radius 1 is 1.40 bits per heavy atom. The number of carbonyl (C=O) groups excluding carboxylic acids is 1. The summed E-state index contributed by atoms with van der Waals surface area (Å²) in [7, 11) is 3.60. The van der Waals surface area contributed by atoms with Gasteiger partial charge in [-0.15, -0.1) is 0 Å². The van der Waals surface area contributed by atoms with E-state index in [0.717, 1.165) is 32.4 Å². The molecule has 0 aromatic rings. The molecular formula is C16H32N2O2. The highest BCUT2D eigenvalue weighted by atomic mass is 16.5. The van der Waals surface area contributed by atoms with E-state index in [9.17, 15) is 4.79 Å². The number of nitrogens with zero attached hydrogens (tertiary/aromatic N) is 1. The first-order chi connectivity index (χ1) is 9.35. The van der Waals surface area contributed by atoms with E-state index in [1.54, 1.807) is 0 Å². The third-order valence-corrected chi connectivity index (χ3v) is 4.21. The normalized spacial score (nSPS) is 20.0. The average molecular weight is 284 g/mol. The molecule has 2 unspecified atom stereocenters. The number of hydrogen-bond donors (Lipinski definition) is 1. The molecule has 0 aliphatic heterocycles. The van der Waals surface area contributed by atoms with Crippen LogP contribution in [-0.2, 0) is 9.53 Å². The van der Waals surface area contributed by atoms with Gasteiger partial charge in [-0.05, 0) is 45.6 Å². The molecule has 4 nitrogen and oxygen atoms in total. The van der Waals surface area contributed by atoms with Crippen LogP contribution in [0.15, 0.2) is 0 Å². The van der Waals surface area contributed by atoms with Crippen LogP contribution in [0, 0.1) is 11.8 Å². The van der Waals surface area contributed by atoms with Gasteiger partial charge >= 0.3 is 5.97 Å². The number of hydrogen-bond acceptors (Lipinski definition) is 4. The molecule has 0 spiro atoms. The Hall–Kier alpha value is -0.610. The number of ether oxygens (including phenoxy) is 1. The standard InChI is InChI=1S/C16H32N2O2/c1-7-13(4)10-18(5)11-16(14-8-9-14,15(19)20-6)17-12(2)3/h12-14,17H,7-11H2,1-6H3. The van der Waals surface area contributed by atoms with Crippen molar-refractivity contribution in [1.82, 2.24) is 10.2 Å². The van der Waals surface area contributed by atoms with Crippen LogP contribution in [0.3, 0.4) is 0 Å². The molecule has 4 heteroatoms. The summed E-state index contributed by atoms with van der Waals surface area (Å²) in [6.45, 7) is 10.4. The molecule has 0 aromatic carbocycles. The van der Waals surface area contributed by atoms with E-state index in [4.69, 9.17) is 4.74 Å². The van der Waals surface area contributed by atoms with Crippen LogP contribution < -0.4 is 5.32 Å². The van der Waals surface area contributed by atoms with Crippen LogP contribution in [0.2, 0.25) is 0 Å². The van der Waals surface area contributed by atoms with Gasteiger partial charge in [-0.25, -0.2) is 4.79 Å². The highest BCUT2D eigenvalue weighted by molar-refractivity contribution is 5.82. The highest BCUT2D eigenvalue weighted by Crippen LogP contribution is 2.41. The number of nitrogens with one attached hydrogen (secondary N) is 1. The van der Waals surface area contributed by atoms with Crippen molar-refractivity contribution in [2.45, 2.75) is 58.5 Å². The van der Waals surface area contributed by atoms with Gasteiger partial charge in [0.05, 0.1) is 7.11 Å². The largest absolute Gasteiger partial charge is 0.468 e. The second-order valence-electron chi connectivity index (χ2n) is 6.75. The fourth-order valence-corrected chi connectivity index (χ4v) is 3.01. The van der Waals surface area contributed by atoms with E-state index in [0.29, 0.717) is 11.8 Å². The van der Waals surface area contributed by atoms with Crippen LogP contribution >= 0.6 is 0 Å². The summed E-state index contributed by atoms with van der Waals surface area (Å²) in [6.07, 6.45) is 3.40. The molecule has 0 radical (unpaired) electrons. The van der Waals surface area contributed by atoms with Crippen LogP contribution in [0.5, 0.6) is 0 Å². The predicted octanol–water partition coefficient (Wildman–Crippen LogP) is 2.28. The van der Waals surface area contributed by atoms with Crippen molar-refractivity contribution in [3.63, 3.8) is 0 Å². The van der Waals surface area contributed by atoms with Crippen molar-refractivity contribution < 1.29 is 9.53 Å². The van der Waals surface area contributed by atoms with E-state index in [1.807, 2.05) is 0 Å². The van der Waals surface area contributed by atoms with Gasteiger partial charge in [0, 0.05) is 19.1 Å². The van der Waals surface area contributed by atoms with Gasteiger partial charge < -0.3 is 9.64 Å². The first-order valence-corrected chi connectivity index (χ1v) is 7.90. The maximum atomic E-state index is 12.4. The van der Waals surface area contributed by atoms with Crippen molar-refractivity contribution in [3.8, 4) is 0 Å². The fourth-order valence-electron chi connectivity index (χ4n) is 3.01. The van der Waals surface area contributed by atoms with Crippen molar-refractivity contribution in [2.75, 3.05) is 27.2 Å². The van der Waals surface area contributed by atoms with E-state index in [-0.39, 0.29) is 12.0 Å². The molecule has 1 aliphatic rings. The average Bonchev–Trinajstić information content (AvgIpc) is 3.20. The Kier molecular flexibility index (Phi) is 6.46. The van der Waals surface area contributed by atoms with Gasteiger partial charge in [0.15, 0.2) is 0 Å². The Morgan fingerprint density at radius 3 is 2.40 bits per heavy atom. The molecule has 2 atom stereocenters. The lowest BCUT2D eigenvalue weighted by molar-refractivity contribution is -0.151. The Labute approximate surface area is 124 Å². The summed E-state index contributed by atoms with van der Waals surface area (Å²) in [4.78, 5) is 14.7. The number of rotatable bonds is 9. The molecule has 1 rings (SSSR count). The van der Waals surface area contributed by atoms with Gasteiger partial charge in [-0.3, -0.25) is 5.32 Å². The summed E-state index contributed by atoms with van der Waals surface area (Å²) >= 11 is 0. The molecule has 1 fully saturated rings. The Bertz CT molecular complexity index is 316. The summed E-state index contributed by atoms with van der Waals surface area (Å²) in [5.41, 5.74) is -0.537. The zero-order valence-corrected chi connectivity index (χ0v) is 14.0. The predicted molar refractivity (Wildman–Crippen MR) is 82.7 cm³/mol. The minimum Gasteiger partial charge on any atom is -0.468 e. The third-order valence-electron chi connectivity index (χ3n) is 4.21. The second-order valence-corrected chi connectivity index (χ2v) is 6.75. The van der Waals surface area contributed by atoms with Crippen LogP contribution in [0.4, 0.5) is 0 Å². The van der Waals surface area contributed by atoms with Crippen LogP contribution in [0.25, 0.3) is 0 Å². The Morgan fingerprint density at radius 2 is 2.00 bits per heavy atom. The summed E-state index contributed by atoms with van der Waals surface area (Å²) < 4.78 is 5.12. The van der Waals surface area contributed by atoms with Crippen LogP contribution in [0.1, 0.15) is 47.0 Å². The number of likely N-dealkylation sites (N-methyl/N-ethyl adjacent to an activating group) is 1. The van der Waals surface area contributed by atoms with Crippen LogP contribution in [-0.4, -0.2) is 49.7 Å². The molecule has 20 heavy (non-hydrogen) atoms. The van der Waals surface area contributed by atoms with Gasteiger partial charge in [0.2, 0.25) is 0 Å². The van der Waals surface area contributed by atoms with Crippen molar-refractivity contribution in [3.05, 3.63) is 0 Å². The molecule has 0 amide bonds. The molecule has 0 aromatic heterocycles. The zero-order chi connectivity index (χ0) is 15.3. The molecule has 0 heterocycles. The quantitative estimate of drug-likeness (QED) is 0.660. The van der Waals surface area contributed by atoms with E-state index in [1.165, 1.54) is 7.11 Å². The maximum Gasteiger partial charge on any atom is 0.327 e.